The van der Waals surface area contributed by atoms with Gasteiger partial charge in [-0.1, -0.05) is 27.7 Å². The highest BCUT2D eigenvalue weighted by Crippen LogP contribution is 2.50. The summed E-state index contributed by atoms with van der Waals surface area (Å²) in [7, 11) is 0. The summed E-state index contributed by atoms with van der Waals surface area (Å²) in [6.45, 7) is 9.14. The fraction of sp³-hybridized carbons (Fsp3) is 0.375. The molecule has 4 rings (SSSR count). The van der Waals surface area contributed by atoms with E-state index in [1.165, 1.54) is 38.0 Å². The van der Waals surface area contributed by atoms with Crippen molar-refractivity contribution in [2.75, 3.05) is 0 Å². The van der Waals surface area contributed by atoms with Crippen molar-refractivity contribution in [3.05, 3.63) is 21.9 Å². The molecule has 4 aromatic heterocycles. The highest BCUT2D eigenvalue weighted by atomic mass is 32.1. The van der Waals surface area contributed by atoms with Crippen LogP contribution in [-0.4, -0.2) is 0 Å². The largest absolute Gasteiger partial charge is 0.138 e. The third-order valence-corrected chi connectivity index (χ3v) is 9.48. The van der Waals surface area contributed by atoms with Crippen LogP contribution in [0.1, 0.15) is 49.3 Å². The van der Waals surface area contributed by atoms with Gasteiger partial charge in [0.05, 0.1) is 18.8 Å². The minimum Gasteiger partial charge on any atom is -0.138 e. The minimum absolute atomic E-state index is 0.642. The summed E-state index contributed by atoms with van der Waals surface area (Å²) >= 11 is 7.98. The van der Waals surface area contributed by atoms with Crippen molar-refractivity contribution in [2.45, 2.75) is 39.5 Å². The molecule has 0 bridgehead atoms. The van der Waals surface area contributed by atoms with Gasteiger partial charge >= 0.3 is 0 Å². The Balaban J connectivity index is 2.01. The Morgan fingerprint density at radius 2 is 1.00 bits per heavy atom. The Hall–Kier alpha value is -0.420. The number of thiophene rings is 4. The monoisotopic (exact) mass is 336 g/mol. The molecule has 0 nitrogen and oxygen atoms in total. The Labute approximate surface area is 134 Å². The van der Waals surface area contributed by atoms with Gasteiger partial charge in [-0.05, 0) is 24.0 Å². The van der Waals surface area contributed by atoms with Gasteiger partial charge < -0.3 is 0 Å². The van der Waals surface area contributed by atoms with Crippen molar-refractivity contribution in [1.29, 1.82) is 0 Å². The van der Waals surface area contributed by atoms with Gasteiger partial charge in [0.1, 0.15) is 0 Å². The predicted molar refractivity (Wildman–Crippen MR) is 98.6 cm³/mol. The lowest BCUT2D eigenvalue weighted by Crippen LogP contribution is -1.77. The normalized spacial score (nSPS) is 12.9. The van der Waals surface area contributed by atoms with Gasteiger partial charge in [-0.25, -0.2) is 0 Å². The first-order valence-corrected chi connectivity index (χ1v) is 10.2. The molecule has 0 fully saturated rings. The summed E-state index contributed by atoms with van der Waals surface area (Å²) in [4.78, 5) is 3.04. The SMILES string of the molecule is CC(C)c1cc2sc3c4sc(C(C)C)cc4sc3c2s1. The summed E-state index contributed by atoms with van der Waals surface area (Å²) in [6.07, 6.45) is 0. The topological polar surface area (TPSA) is 0 Å². The van der Waals surface area contributed by atoms with E-state index < -0.39 is 0 Å². The molecule has 0 saturated carbocycles. The Kier molecular flexibility index (Phi) is 3.01. The summed E-state index contributed by atoms with van der Waals surface area (Å²) in [5.74, 6) is 1.28. The molecular formula is C16H16S4. The summed E-state index contributed by atoms with van der Waals surface area (Å²) in [6, 6.07) is 4.82. The van der Waals surface area contributed by atoms with Crippen LogP contribution in [0.25, 0.3) is 28.2 Å². The Morgan fingerprint density at radius 1 is 0.600 bits per heavy atom. The first kappa shape index (κ1) is 13.3. The Morgan fingerprint density at radius 3 is 1.35 bits per heavy atom. The van der Waals surface area contributed by atoms with Gasteiger partial charge in [-0.15, -0.1) is 45.3 Å². The lowest BCUT2D eigenvalue weighted by Gasteiger charge is -1.97. The molecule has 0 aromatic carbocycles. The third-order valence-electron chi connectivity index (χ3n) is 3.61. The molecule has 0 unspecified atom stereocenters. The maximum absolute atomic E-state index is 2.41. The second-order valence-electron chi connectivity index (χ2n) is 5.86. The fourth-order valence-electron chi connectivity index (χ4n) is 2.43. The molecule has 0 saturated heterocycles. The van der Waals surface area contributed by atoms with Gasteiger partial charge in [0.25, 0.3) is 0 Å². The van der Waals surface area contributed by atoms with Crippen LogP contribution in [0.5, 0.6) is 0 Å². The molecule has 104 valence electrons. The summed E-state index contributed by atoms with van der Waals surface area (Å²) in [5.41, 5.74) is 0. The lowest BCUT2D eigenvalue weighted by molar-refractivity contribution is 0.890. The zero-order chi connectivity index (χ0) is 14.0. The third kappa shape index (κ3) is 1.82. The molecule has 0 aliphatic heterocycles. The number of fused-ring (bicyclic) bond motifs is 5. The minimum atomic E-state index is 0.642. The highest BCUT2D eigenvalue weighted by Gasteiger charge is 2.18. The van der Waals surface area contributed by atoms with E-state index in [2.05, 4.69) is 39.8 Å². The first-order chi connectivity index (χ1) is 9.54. The molecule has 4 heterocycles. The highest BCUT2D eigenvalue weighted by molar-refractivity contribution is 7.44. The van der Waals surface area contributed by atoms with Crippen LogP contribution in [-0.2, 0) is 0 Å². The number of hydrogen-bond acceptors (Lipinski definition) is 4. The van der Waals surface area contributed by atoms with E-state index in [4.69, 9.17) is 0 Å². The maximum atomic E-state index is 2.41. The molecule has 0 aliphatic rings. The first-order valence-electron chi connectivity index (χ1n) is 6.92. The second-order valence-corrected chi connectivity index (χ2v) is 10.1. The number of rotatable bonds is 2. The van der Waals surface area contributed by atoms with Crippen molar-refractivity contribution in [3.8, 4) is 0 Å². The van der Waals surface area contributed by atoms with E-state index in [0.29, 0.717) is 11.8 Å². The second kappa shape index (κ2) is 4.54. The molecule has 0 atom stereocenters. The standard InChI is InChI=1S/C16H16S4/c1-7(2)9-5-11-13(17-9)15-16(19-11)14-12(20-15)6-10(18-14)8(3)4/h5-8H,1-4H3. The average molecular weight is 337 g/mol. The van der Waals surface area contributed by atoms with Crippen LogP contribution in [0.15, 0.2) is 12.1 Å². The summed E-state index contributed by atoms with van der Waals surface area (Å²) < 4.78 is 9.07. The quantitative estimate of drug-likeness (QED) is 0.353. The number of hydrogen-bond donors (Lipinski definition) is 0. The van der Waals surface area contributed by atoms with Crippen molar-refractivity contribution in [1.82, 2.24) is 0 Å². The average Bonchev–Trinajstić information content (AvgIpc) is 3.04. The van der Waals surface area contributed by atoms with Crippen LogP contribution >= 0.6 is 45.3 Å². The van der Waals surface area contributed by atoms with Crippen LogP contribution in [0.4, 0.5) is 0 Å². The van der Waals surface area contributed by atoms with E-state index in [9.17, 15) is 0 Å². The van der Waals surface area contributed by atoms with Crippen molar-refractivity contribution in [3.63, 3.8) is 0 Å². The molecular weight excluding hydrogens is 320 g/mol. The van der Waals surface area contributed by atoms with Gasteiger partial charge in [-0.3, -0.25) is 0 Å². The van der Waals surface area contributed by atoms with Crippen LogP contribution in [0, 0.1) is 0 Å². The van der Waals surface area contributed by atoms with Crippen molar-refractivity contribution < 1.29 is 0 Å². The van der Waals surface area contributed by atoms with E-state index in [-0.39, 0.29) is 0 Å². The molecule has 0 amide bonds. The van der Waals surface area contributed by atoms with Gasteiger partial charge in [0, 0.05) is 19.2 Å². The molecule has 20 heavy (non-hydrogen) atoms. The lowest BCUT2D eigenvalue weighted by atomic mass is 10.2. The van der Waals surface area contributed by atoms with Crippen LogP contribution < -0.4 is 0 Å². The molecule has 0 radical (unpaired) electrons. The molecule has 4 aromatic rings. The zero-order valence-electron chi connectivity index (χ0n) is 11.9. The van der Waals surface area contributed by atoms with Gasteiger partial charge in [0.2, 0.25) is 0 Å². The van der Waals surface area contributed by atoms with Crippen LogP contribution in [0.2, 0.25) is 0 Å². The van der Waals surface area contributed by atoms with Crippen LogP contribution in [0.3, 0.4) is 0 Å². The van der Waals surface area contributed by atoms with E-state index in [1.807, 2.05) is 45.3 Å². The van der Waals surface area contributed by atoms with Gasteiger partial charge in [-0.2, -0.15) is 0 Å². The zero-order valence-corrected chi connectivity index (χ0v) is 15.2. The molecule has 0 aliphatic carbocycles. The van der Waals surface area contributed by atoms with Crippen molar-refractivity contribution >= 4 is 73.5 Å². The smallest absolute Gasteiger partial charge is 0.0650 e. The summed E-state index contributed by atoms with van der Waals surface area (Å²) in [5, 5.41) is 0. The maximum Gasteiger partial charge on any atom is 0.0650 e. The van der Waals surface area contributed by atoms with Gasteiger partial charge in [0.15, 0.2) is 0 Å². The molecule has 0 N–H and O–H groups in total. The Bertz CT molecular complexity index is 834. The van der Waals surface area contributed by atoms with E-state index in [0.717, 1.165) is 0 Å². The molecule has 0 spiro atoms. The van der Waals surface area contributed by atoms with E-state index in [1.54, 1.807) is 0 Å². The van der Waals surface area contributed by atoms with E-state index >= 15 is 0 Å². The fourth-order valence-corrected chi connectivity index (χ4v) is 8.09. The predicted octanol–water partition coefficient (Wildman–Crippen LogP) is 7.64. The van der Waals surface area contributed by atoms with Crippen molar-refractivity contribution in [2.24, 2.45) is 0 Å². The molecule has 4 heteroatoms.